The number of hydrogen-bond acceptors (Lipinski definition) is 3. The van der Waals surface area contributed by atoms with E-state index in [-0.39, 0.29) is 11.3 Å². The molecular formula is C15H28N2O2. The van der Waals surface area contributed by atoms with Crippen LogP contribution in [-0.2, 0) is 9.53 Å². The van der Waals surface area contributed by atoms with Crippen molar-refractivity contribution in [2.24, 2.45) is 23.0 Å². The zero-order chi connectivity index (χ0) is 13.7. The van der Waals surface area contributed by atoms with Crippen molar-refractivity contribution in [2.75, 3.05) is 26.3 Å². The molecule has 0 aromatic rings. The van der Waals surface area contributed by atoms with Crippen molar-refractivity contribution < 1.29 is 9.53 Å². The molecule has 110 valence electrons. The van der Waals surface area contributed by atoms with Crippen molar-refractivity contribution in [3.05, 3.63) is 0 Å². The second-order valence-corrected chi connectivity index (χ2v) is 6.44. The number of nitrogens with one attached hydrogen (secondary N) is 1. The molecule has 1 heterocycles. The summed E-state index contributed by atoms with van der Waals surface area (Å²) in [5.74, 6) is 1.55. The monoisotopic (exact) mass is 268 g/mol. The summed E-state index contributed by atoms with van der Waals surface area (Å²) in [5.41, 5.74) is 5.60. The van der Waals surface area contributed by atoms with Crippen molar-refractivity contribution in [2.45, 2.75) is 45.4 Å². The minimum absolute atomic E-state index is 0.181. The van der Waals surface area contributed by atoms with Crippen LogP contribution in [0.25, 0.3) is 0 Å². The maximum atomic E-state index is 12.4. The zero-order valence-corrected chi connectivity index (χ0v) is 12.1. The van der Waals surface area contributed by atoms with Crippen molar-refractivity contribution >= 4 is 5.91 Å². The molecule has 1 saturated heterocycles. The van der Waals surface area contributed by atoms with Gasteiger partial charge in [0.05, 0.1) is 5.41 Å². The fraction of sp³-hybridized carbons (Fsp3) is 0.933. The van der Waals surface area contributed by atoms with Crippen LogP contribution in [0.3, 0.4) is 0 Å². The van der Waals surface area contributed by atoms with Gasteiger partial charge in [-0.15, -0.1) is 0 Å². The van der Waals surface area contributed by atoms with E-state index >= 15 is 0 Å². The molecule has 0 radical (unpaired) electrons. The Kier molecular flexibility index (Phi) is 5.22. The standard InChI is InChI=1S/C15H28N2O2/c1-12-2-6-15(11-16,7-3-12)14(18)17-8-4-13-5-9-19-10-13/h12-13H,2-11,16H2,1H3,(H,17,18). The maximum Gasteiger partial charge on any atom is 0.227 e. The molecule has 2 fully saturated rings. The number of nitrogens with two attached hydrogens (primary N) is 1. The van der Waals surface area contributed by atoms with Gasteiger partial charge in [0.2, 0.25) is 5.91 Å². The van der Waals surface area contributed by atoms with Crippen LogP contribution in [0.5, 0.6) is 0 Å². The molecule has 2 rings (SSSR count). The first-order chi connectivity index (χ1) is 9.16. The quantitative estimate of drug-likeness (QED) is 0.797. The largest absolute Gasteiger partial charge is 0.381 e. The lowest BCUT2D eigenvalue weighted by Crippen LogP contribution is -2.48. The molecule has 0 spiro atoms. The first kappa shape index (κ1) is 14.8. The van der Waals surface area contributed by atoms with Crippen LogP contribution in [0, 0.1) is 17.3 Å². The first-order valence-corrected chi connectivity index (χ1v) is 7.72. The highest BCUT2D eigenvalue weighted by Crippen LogP contribution is 2.38. The van der Waals surface area contributed by atoms with Gasteiger partial charge in [-0.3, -0.25) is 4.79 Å². The molecule has 0 aromatic heterocycles. The highest BCUT2D eigenvalue weighted by molar-refractivity contribution is 5.83. The van der Waals surface area contributed by atoms with Gasteiger partial charge in [-0.25, -0.2) is 0 Å². The predicted octanol–water partition coefficient (Wildman–Crippen LogP) is 1.68. The number of amides is 1. The Morgan fingerprint density at radius 3 is 2.68 bits per heavy atom. The fourth-order valence-corrected chi connectivity index (χ4v) is 3.23. The summed E-state index contributed by atoms with van der Waals surface area (Å²) >= 11 is 0. The zero-order valence-electron chi connectivity index (χ0n) is 12.1. The molecule has 4 nitrogen and oxygen atoms in total. The molecule has 3 N–H and O–H groups in total. The van der Waals surface area contributed by atoms with E-state index in [1.807, 2.05) is 0 Å². The van der Waals surface area contributed by atoms with Crippen molar-refractivity contribution in [1.82, 2.24) is 5.32 Å². The van der Waals surface area contributed by atoms with Gasteiger partial charge >= 0.3 is 0 Å². The van der Waals surface area contributed by atoms with E-state index in [4.69, 9.17) is 10.5 Å². The molecule has 1 atom stereocenters. The van der Waals surface area contributed by atoms with Gasteiger partial charge in [0.15, 0.2) is 0 Å². The van der Waals surface area contributed by atoms with Crippen LogP contribution in [0.1, 0.15) is 45.4 Å². The van der Waals surface area contributed by atoms with E-state index in [2.05, 4.69) is 12.2 Å². The molecule has 1 saturated carbocycles. The molecule has 1 unspecified atom stereocenters. The van der Waals surface area contributed by atoms with Gasteiger partial charge in [-0.1, -0.05) is 6.92 Å². The molecule has 4 heteroatoms. The molecule has 2 aliphatic rings. The van der Waals surface area contributed by atoms with E-state index in [1.54, 1.807) is 0 Å². The van der Waals surface area contributed by atoms with Crippen LogP contribution in [0.4, 0.5) is 0 Å². The second-order valence-electron chi connectivity index (χ2n) is 6.44. The number of ether oxygens (including phenoxy) is 1. The second kappa shape index (κ2) is 6.71. The van der Waals surface area contributed by atoms with Crippen molar-refractivity contribution in [1.29, 1.82) is 0 Å². The lowest BCUT2D eigenvalue weighted by atomic mass is 9.70. The van der Waals surface area contributed by atoms with Crippen LogP contribution in [0.15, 0.2) is 0 Å². The average molecular weight is 268 g/mol. The summed E-state index contributed by atoms with van der Waals surface area (Å²) in [6, 6.07) is 0. The minimum atomic E-state index is -0.293. The smallest absolute Gasteiger partial charge is 0.227 e. The summed E-state index contributed by atoms with van der Waals surface area (Å²) in [4.78, 5) is 12.4. The highest BCUT2D eigenvalue weighted by Gasteiger charge is 2.39. The summed E-state index contributed by atoms with van der Waals surface area (Å²) in [5, 5.41) is 3.11. The summed E-state index contributed by atoms with van der Waals surface area (Å²) in [6.45, 7) is 5.25. The topological polar surface area (TPSA) is 64.4 Å². The number of rotatable bonds is 5. The lowest BCUT2D eigenvalue weighted by Gasteiger charge is -2.37. The van der Waals surface area contributed by atoms with Crippen LogP contribution < -0.4 is 11.1 Å². The normalized spacial score (nSPS) is 35.3. The number of carbonyl (C=O) groups is 1. The van der Waals surface area contributed by atoms with Crippen LogP contribution >= 0.6 is 0 Å². The van der Waals surface area contributed by atoms with E-state index < -0.39 is 0 Å². The molecule has 0 aromatic carbocycles. The first-order valence-electron chi connectivity index (χ1n) is 7.72. The Labute approximate surface area is 116 Å². The summed E-state index contributed by atoms with van der Waals surface area (Å²) in [6.07, 6.45) is 6.31. The highest BCUT2D eigenvalue weighted by atomic mass is 16.5. The van der Waals surface area contributed by atoms with E-state index in [0.717, 1.165) is 64.2 Å². The SMILES string of the molecule is CC1CCC(CN)(C(=O)NCCC2CCOC2)CC1. The fourth-order valence-electron chi connectivity index (χ4n) is 3.23. The van der Waals surface area contributed by atoms with Gasteiger partial charge in [0.1, 0.15) is 0 Å². The van der Waals surface area contributed by atoms with Crippen LogP contribution in [-0.4, -0.2) is 32.2 Å². The predicted molar refractivity (Wildman–Crippen MR) is 75.7 cm³/mol. The van der Waals surface area contributed by atoms with E-state index in [1.165, 1.54) is 0 Å². The molecular weight excluding hydrogens is 240 g/mol. The average Bonchev–Trinajstić information content (AvgIpc) is 2.93. The summed E-state index contributed by atoms with van der Waals surface area (Å²) < 4.78 is 5.35. The molecule has 19 heavy (non-hydrogen) atoms. The van der Waals surface area contributed by atoms with E-state index in [0.29, 0.717) is 12.5 Å². The Hall–Kier alpha value is -0.610. The third-order valence-corrected chi connectivity index (χ3v) is 4.97. The van der Waals surface area contributed by atoms with Crippen molar-refractivity contribution in [3.63, 3.8) is 0 Å². The van der Waals surface area contributed by atoms with Crippen molar-refractivity contribution in [3.8, 4) is 0 Å². The molecule has 1 aliphatic heterocycles. The third-order valence-electron chi connectivity index (χ3n) is 4.97. The maximum absolute atomic E-state index is 12.4. The van der Waals surface area contributed by atoms with Gasteiger partial charge in [0, 0.05) is 26.3 Å². The Balaban J connectivity index is 1.76. The number of hydrogen-bond donors (Lipinski definition) is 2. The third kappa shape index (κ3) is 3.69. The van der Waals surface area contributed by atoms with Gasteiger partial charge in [-0.05, 0) is 50.4 Å². The Bertz CT molecular complexity index is 293. The molecule has 1 aliphatic carbocycles. The summed E-state index contributed by atoms with van der Waals surface area (Å²) in [7, 11) is 0. The molecule has 1 amide bonds. The lowest BCUT2D eigenvalue weighted by molar-refractivity contribution is -0.132. The van der Waals surface area contributed by atoms with Gasteiger partial charge in [0.25, 0.3) is 0 Å². The van der Waals surface area contributed by atoms with E-state index in [9.17, 15) is 4.79 Å². The number of carbonyl (C=O) groups excluding carboxylic acids is 1. The Morgan fingerprint density at radius 1 is 1.37 bits per heavy atom. The van der Waals surface area contributed by atoms with Gasteiger partial charge in [-0.2, -0.15) is 0 Å². The Morgan fingerprint density at radius 2 is 2.11 bits per heavy atom. The van der Waals surface area contributed by atoms with Crippen LogP contribution in [0.2, 0.25) is 0 Å². The minimum Gasteiger partial charge on any atom is -0.381 e. The van der Waals surface area contributed by atoms with Gasteiger partial charge < -0.3 is 15.8 Å². The molecule has 0 bridgehead atoms.